The van der Waals surface area contributed by atoms with Crippen LogP contribution in [0, 0.1) is 0 Å². The highest BCUT2D eigenvalue weighted by molar-refractivity contribution is 5.57. The van der Waals surface area contributed by atoms with Gasteiger partial charge in [0.2, 0.25) is 0 Å². The van der Waals surface area contributed by atoms with Crippen molar-refractivity contribution in [1.82, 2.24) is 9.96 Å². The van der Waals surface area contributed by atoms with E-state index in [4.69, 9.17) is 4.84 Å². The van der Waals surface area contributed by atoms with Crippen LogP contribution in [-0.2, 0) is 9.63 Å². The molecular weight excluding hydrogens is 184 g/mol. The summed E-state index contributed by atoms with van der Waals surface area (Å²) < 4.78 is 0. The van der Waals surface area contributed by atoms with Crippen LogP contribution >= 0.6 is 0 Å². The van der Waals surface area contributed by atoms with Crippen LogP contribution in [0.2, 0.25) is 0 Å². The number of β-amino-alcohol motifs (C(OH)–C–C–N with tert-alkyl or cyclic N) is 1. The van der Waals surface area contributed by atoms with Gasteiger partial charge in [-0.05, 0) is 6.42 Å². The molecule has 14 heavy (non-hydrogen) atoms. The van der Waals surface area contributed by atoms with Crippen LogP contribution in [0.4, 0.5) is 0 Å². The molecule has 1 saturated heterocycles. The normalized spacial score (nSPS) is 25.6. The molecule has 0 aromatic heterocycles. The molecule has 0 saturated carbocycles. The number of hydrogen-bond donors (Lipinski definition) is 1. The number of aldehydes is 1. The maximum absolute atomic E-state index is 10.8. The lowest BCUT2D eigenvalue weighted by molar-refractivity contribution is -0.153. The second kappa shape index (κ2) is 5.41. The number of rotatable bonds is 5. The SMILES string of the molecule is CON(C)C(C=O)CN1CC[C@@H](O)C1. The molecule has 0 spiro atoms. The van der Waals surface area contributed by atoms with Gasteiger partial charge >= 0.3 is 0 Å². The fourth-order valence-corrected chi connectivity index (χ4v) is 1.62. The first-order chi connectivity index (χ1) is 6.67. The summed E-state index contributed by atoms with van der Waals surface area (Å²) in [5.74, 6) is 0. The van der Waals surface area contributed by atoms with Gasteiger partial charge in [-0.1, -0.05) is 0 Å². The van der Waals surface area contributed by atoms with Crippen LogP contribution in [0.15, 0.2) is 0 Å². The monoisotopic (exact) mass is 202 g/mol. The number of likely N-dealkylation sites (tertiary alicyclic amines) is 1. The van der Waals surface area contributed by atoms with Gasteiger partial charge in [0.25, 0.3) is 0 Å². The number of nitrogens with zero attached hydrogens (tertiary/aromatic N) is 2. The Kier molecular flexibility index (Phi) is 4.47. The third-order valence-electron chi connectivity index (χ3n) is 2.60. The minimum absolute atomic E-state index is 0.241. The molecule has 82 valence electrons. The van der Waals surface area contributed by atoms with E-state index in [-0.39, 0.29) is 12.1 Å². The highest BCUT2D eigenvalue weighted by Crippen LogP contribution is 2.09. The Labute approximate surface area is 84.2 Å². The van der Waals surface area contributed by atoms with Crippen molar-refractivity contribution < 1.29 is 14.7 Å². The van der Waals surface area contributed by atoms with Crippen molar-refractivity contribution in [2.45, 2.75) is 18.6 Å². The number of aliphatic hydroxyl groups excluding tert-OH is 1. The molecular formula is C9H18N2O3. The summed E-state index contributed by atoms with van der Waals surface area (Å²) >= 11 is 0. The summed E-state index contributed by atoms with van der Waals surface area (Å²) in [5.41, 5.74) is 0. The zero-order chi connectivity index (χ0) is 10.6. The van der Waals surface area contributed by atoms with Gasteiger partial charge in [-0.25, -0.2) is 0 Å². The van der Waals surface area contributed by atoms with Gasteiger partial charge in [0, 0.05) is 26.7 Å². The van der Waals surface area contributed by atoms with Crippen molar-refractivity contribution in [2.24, 2.45) is 0 Å². The van der Waals surface area contributed by atoms with Crippen LogP contribution in [0.1, 0.15) is 6.42 Å². The smallest absolute Gasteiger partial charge is 0.140 e. The molecule has 0 radical (unpaired) electrons. The molecule has 0 aliphatic carbocycles. The lowest BCUT2D eigenvalue weighted by atomic mass is 10.3. The topological polar surface area (TPSA) is 53.0 Å². The van der Waals surface area contributed by atoms with Crippen molar-refractivity contribution in [1.29, 1.82) is 0 Å². The minimum Gasteiger partial charge on any atom is -0.392 e. The highest BCUT2D eigenvalue weighted by Gasteiger charge is 2.24. The summed E-state index contributed by atoms with van der Waals surface area (Å²) in [6.07, 6.45) is 1.42. The molecule has 5 nitrogen and oxygen atoms in total. The van der Waals surface area contributed by atoms with Crippen LogP contribution in [-0.4, -0.2) is 67.3 Å². The average molecular weight is 202 g/mol. The van der Waals surface area contributed by atoms with Gasteiger partial charge in [0.1, 0.15) is 12.3 Å². The Balaban J connectivity index is 2.36. The summed E-state index contributed by atoms with van der Waals surface area (Å²) in [7, 11) is 3.26. The van der Waals surface area contributed by atoms with E-state index in [9.17, 15) is 9.90 Å². The predicted octanol–water partition coefficient (Wildman–Crippen LogP) is -0.886. The Morgan fingerprint density at radius 1 is 1.79 bits per heavy atom. The fraction of sp³-hybridized carbons (Fsp3) is 0.889. The summed E-state index contributed by atoms with van der Waals surface area (Å²) in [5, 5.41) is 10.8. The van der Waals surface area contributed by atoms with Crippen LogP contribution in [0.25, 0.3) is 0 Å². The van der Waals surface area contributed by atoms with Crippen LogP contribution in [0.3, 0.4) is 0 Å². The van der Waals surface area contributed by atoms with Crippen LogP contribution < -0.4 is 0 Å². The molecule has 0 amide bonds. The van der Waals surface area contributed by atoms with Gasteiger partial charge in [-0.15, -0.1) is 0 Å². The van der Waals surface area contributed by atoms with Crippen molar-refractivity contribution in [3.63, 3.8) is 0 Å². The Bertz CT molecular complexity index is 189. The Morgan fingerprint density at radius 3 is 2.93 bits per heavy atom. The van der Waals surface area contributed by atoms with E-state index in [1.807, 2.05) is 0 Å². The average Bonchev–Trinajstić information content (AvgIpc) is 2.59. The maximum atomic E-state index is 10.8. The second-order valence-electron chi connectivity index (χ2n) is 3.63. The van der Waals surface area contributed by atoms with Gasteiger partial charge in [-0.3, -0.25) is 4.90 Å². The molecule has 0 aromatic carbocycles. The molecule has 1 aliphatic heterocycles. The lowest BCUT2D eigenvalue weighted by Crippen LogP contribution is -2.42. The van der Waals surface area contributed by atoms with Crippen molar-refractivity contribution >= 4 is 6.29 Å². The highest BCUT2D eigenvalue weighted by atomic mass is 16.7. The number of likely N-dealkylation sites (N-methyl/N-ethyl adjacent to an activating group) is 1. The first kappa shape index (κ1) is 11.6. The number of carbonyl (C=O) groups excluding carboxylic acids is 1. The Hall–Kier alpha value is -0.490. The number of carbonyl (C=O) groups is 1. The summed E-state index contributed by atoms with van der Waals surface area (Å²) in [4.78, 5) is 17.8. The van der Waals surface area contributed by atoms with Gasteiger partial charge < -0.3 is 14.7 Å². The van der Waals surface area contributed by atoms with E-state index in [1.54, 1.807) is 7.05 Å². The molecule has 1 unspecified atom stereocenters. The molecule has 5 heteroatoms. The van der Waals surface area contributed by atoms with E-state index in [2.05, 4.69) is 4.90 Å². The first-order valence-electron chi connectivity index (χ1n) is 4.80. The quantitative estimate of drug-likeness (QED) is 0.463. The molecule has 1 heterocycles. The van der Waals surface area contributed by atoms with E-state index in [1.165, 1.54) is 12.2 Å². The zero-order valence-electron chi connectivity index (χ0n) is 8.72. The third-order valence-corrected chi connectivity index (χ3v) is 2.60. The second-order valence-corrected chi connectivity index (χ2v) is 3.63. The standard InChI is InChI=1S/C9H18N2O3/c1-10(14-2)8(7-12)5-11-4-3-9(13)6-11/h7-9,13H,3-6H2,1-2H3/t8?,9-/m1/s1. The summed E-state index contributed by atoms with van der Waals surface area (Å²) in [6.45, 7) is 2.12. The number of aliphatic hydroxyl groups is 1. The largest absolute Gasteiger partial charge is 0.392 e. The zero-order valence-corrected chi connectivity index (χ0v) is 8.72. The fourth-order valence-electron chi connectivity index (χ4n) is 1.62. The van der Waals surface area contributed by atoms with Gasteiger partial charge in [-0.2, -0.15) is 5.06 Å². The van der Waals surface area contributed by atoms with Crippen molar-refractivity contribution in [2.75, 3.05) is 33.8 Å². The van der Waals surface area contributed by atoms with Crippen molar-refractivity contribution in [3.8, 4) is 0 Å². The van der Waals surface area contributed by atoms with E-state index in [0.717, 1.165) is 19.3 Å². The van der Waals surface area contributed by atoms with E-state index in [0.29, 0.717) is 13.1 Å². The third kappa shape index (κ3) is 3.02. The maximum Gasteiger partial charge on any atom is 0.140 e. The van der Waals surface area contributed by atoms with Crippen LogP contribution in [0.5, 0.6) is 0 Å². The molecule has 1 rings (SSSR count). The molecule has 0 aromatic rings. The molecule has 1 aliphatic rings. The molecule has 0 bridgehead atoms. The number of hydrogen-bond acceptors (Lipinski definition) is 5. The van der Waals surface area contributed by atoms with Gasteiger partial charge in [0.05, 0.1) is 13.2 Å². The molecule has 1 fully saturated rings. The van der Waals surface area contributed by atoms with E-state index < -0.39 is 0 Å². The molecule has 2 atom stereocenters. The van der Waals surface area contributed by atoms with E-state index >= 15 is 0 Å². The molecule has 1 N–H and O–H groups in total. The Morgan fingerprint density at radius 2 is 2.50 bits per heavy atom. The lowest BCUT2D eigenvalue weighted by Gasteiger charge is -2.25. The minimum atomic E-state index is -0.259. The van der Waals surface area contributed by atoms with Gasteiger partial charge in [0.15, 0.2) is 0 Å². The predicted molar refractivity (Wildman–Crippen MR) is 51.7 cm³/mol. The first-order valence-corrected chi connectivity index (χ1v) is 4.80. The summed E-state index contributed by atoms with van der Waals surface area (Å²) in [6, 6.07) is -0.259. The van der Waals surface area contributed by atoms with Crippen molar-refractivity contribution in [3.05, 3.63) is 0 Å². The number of hydroxylamine groups is 2.